The molecule has 4 heteroatoms. The molecule has 1 aromatic rings. The van der Waals surface area contributed by atoms with Gasteiger partial charge in [-0.1, -0.05) is 19.9 Å². The minimum Gasteiger partial charge on any atom is -0.359 e. The van der Waals surface area contributed by atoms with E-state index < -0.39 is 0 Å². The Balaban J connectivity index is 2.48. The minimum absolute atomic E-state index is 0.00186. The Morgan fingerprint density at radius 3 is 2.65 bits per heavy atom. The Hall–Kier alpha value is -1.58. The monoisotopic (exact) mass is 235 g/mol. The number of aromatic nitrogens is 1. The van der Waals surface area contributed by atoms with Gasteiger partial charge >= 0.3 is 0 Å². The average Bonchev–Trinajstić information content (AvgIpc) is 2.25. The lowest BCUT2D eigenvalue weighted by Gasteiger charge is -2.15. The maximum Gasteiger partial charge on any atom is 0.242 e. The fourth-order valence-corrected chi connectivity index (χ4v) is 1.37. The molecular weight excluding hydrogens is 214 g/mol. The highest BCUT2D eigenvalue weighted by Crippen LogP contribution is 2.05. The second-order valence-corrected chi connectivity index (χ2v) is 4.67. The Labute approximate surface area is 103 Å². The summed E-state index contributed by atoms with van der Waals surface area (Å²) in [6.07, 6.45) is 0. The first kappa shape index (κ1) is 13.5. The third-order valence-electron chi connectivity index (χ3n) is 2.33. The van der Waals surface area contributed by atoms with Gasteiger partial charge in [-0.15, -0.1) is 0 Å². The van der Waals surface area contributed by atoms with Crippen molar-refractivity contribution in [2.45, 2.75) is 33.7 Å². The van der Waals surface area contributed by atoms with Crippen molar-refractivity contribution in [2.75, 3.05) is 11.9 Å². The van der Waals surface area contributed by atoms with Crippen LogP contribution in [0.3, 0.4) is 0 Å². The van der Waals surface area contributed by atoms with Crippen LogP contribution in [0, 0.1) is 12.8 Å². The fourth-order valence-electron chi connectivity index (χ4n) is 1.37. The van der Waals surface area contributed by atoms with Gasteiger partial charge in [-0.05, 0) is 31.9 Å². The van der Waals surface area contributed by atoms with E-state index in [4.69, 9.17) is 0 Å². The van der Waals surface area contributed by atoms with E-state index in [1.54, 1.807) is 0 Å². The van der Waals surface area contributed by atoms with Crippen LogP contribution >= 0.6 is 0 Å². The number of carbonyl (C=O) groups is 1. The molecule has 1 unspecified atom stereocenters. The minimum atomic E-state index is -0.275. The van der Waals surface area contributed by atoms with Crippen LogP contribution in [0.25, 0.3) is 0 Å². The van der Waals surface area contributed by atoms with E-state index in [9.17, 15) is 4.79 Å². The molecule has 0 aliphatic heterocycles. The van der Waals surface area contributed by atoms with Crippen LogP contribution in [-0.4, -0.2) is 23.5 Å². The van der Waals surface area contributed by atoms with Gasteiger partial charge in [0.15, 0.2) is 0 Å². The van der Waals surface area contributed by atoms with Crippen molar-refractivity contribution >= 4 is 11.7 Å². The number of amides is 1. The standard InChI is InChI=1S/C13H21N3O/c1-9(2)8-14-13(17)11(4)16-12-7-5-6-10(3)15-12/h5-7,9,11H,8H2,1-4H3,(H,14,17)(H,15,16). The molecule has 2 N–H and O–H groups in total. The number of anilines is 1. The summed E-state index contributed by atoms with van der Waals surface area (Å²) in [4.78, 5) is 16.0. The Morgan fingerprint density at radius 2 is 2.06 bits per heavy atom. The summed E-state index contributed by atoms with van der Waals surface area (Å²) in [5.41, 5.74) is 0.935. The Bertz CT molecular complexity index is 377. The van der Waals surface area contributed by atoms with Gasteiger partial charge in [0.25, 0.3) is 0 Å². The fraction of sp³-hybridized carbons (Fsp3) is 0.538. The van der Waals surface area contributed by atoms with Gasteiger partial charge in [-0.25, -0.2) is 4.98 Å². The van der Waals surface area contributed by atoms with Crippen LogP contribution in [0.15, 0.2) is 18.2 Å². The maximum atomic E-state index is 11.7. The van der Waals surface area contributed by atoms with E-state index in [0.717, 1.165) is 11.5 Å². The predicted octanol–water partition coefficient (Wildman–Crippen LogP) is 1.96. The molecule has 4 nitrogen and oxygen atoms in total. The highest BCUT2D eigenvalue weighted by molar-refractivity contribution is 5.83. The Kier molecular flexibility index (Phi) is 4.94. The molecule has 17 heavy (non-hydrogen) atoms. The summed E-state index contributed by atoms with van der Waals surface area (Å²) in [5, 5.41) is 5.97. The van der Waals surface area contributed by atoms with Gasteiger partial charge in [0.2, 0.25) is 5.91 Å². The van der Waals surface area contributed by atoms with E-state index in [0.29, 0.717) is 12.5 Å². The molecule has 1 amide bonds. The van der Waals surface area contributed by atoms with E-state index in [-0.39, 0.29) is 11.9 Å². The lowest BCUT2D eigenvalue weighted by molar-refractivity contribution is -0.121. The van der Waals surface area contributed by atoms with Gasteiger partial charge in [0.1, 0.15) is 11.9 Å². The second kappa shape index (κ2) is 6.23. The third-order valence-corrected chi connectivity index (χ3v) is 2.33. The lowest BCUT2D eigenvalue weighted by atomic mass is 10.2. The zero-order chi connectivity index (χ0) is 12.8. The topological polar surface area (TPSA) is 54.0 Å². The van der Waals surface area contributed by atoms with Crippen molar-refractivity contribution < 1.29 is 4.79 Å². The van der Waals surface area contributed by atoms with E-state index in [2.05, 4.69) is 29.5 Å². The summed E-state index contributed by atoms with van der Waals surface area (Å²) in [5.74, 6) is 1.20. The van der Waals surface area contributed by atoms with Crippen molar-refractivity contribution in [3.8, 4) is 0 Å². The van der Waals surface area contributed by atoms with E-state index >= 15 is 0 Å². The second-order valence-electron chi connectivity index (χ2n) is 4.67. The van der Waals surface area contributed by atoms with Crippen LogP contribution in [0.2, 0.25) is 0 Å². The number of pyridine rings is 1. The first-order valence-electron chi connectivity index (χ1n) is 5.97. The van der Waals surface area contributed by atoms with Crippen LogP contribution < -0.4 is 10.6 Å². The molecule has 0 fully saturated rings. The van der Waals surface area contributed by atoms with Crippen molar-refractivity contribution in [1.82, 2.24) is 10.3 Å². The molecule has 1 heterocycles. The molecule has 0 aromatic carbocycles. The third kappa shape index (κ3) is 4.85. The number of rotatable bonds is 5. The van der Waals surface area contributed by atoms with Crippen molar-refractivity contribution in [3.63, 3.8) is 0 Å². The van der Waals surface area contributed by atoms with Crippen molar-refractivity contribution in [3.05, 3.63) is 23.9 Å². The SMILES string of the molecule is Cc1cccc(NC(C)C(=O)NCC(C)C)n1. The summed E-state index contributed by atoms with van der Waals surface area (Å²) >= 11 is 0. The zero-order valence-electron chi connectivity index (χ0n) is 10.9. The molecule has 1 atom stereocenters. The predicted molar refractivity (Wildman–Crippen MR) is 69.9 cm³/mol. The number of nitrogens with one attached hydrogen (secondary N) is 2. The van der Waals surface area contributed by atoms with Crippen molar-refractivity contribution in [1.29, 1.82) is 0 Å². The first-order chi connectivity index (χ1) is 7.99. The number of hydrogen-bond acceptors (Lipinski definition) is 3. The van der Waals surface area contributed by atoms with Gasteiger partial charge in [-0.3, -0.25) is 4.79 Å². The maximum absolute atomic E-state index is 11.7. The molecule has 1 rings (SSSR count). The smallest absolute Gasteiger partial charge is 0.242 e. The van der Waals surface area contributed by atoms with Gasteiger partial charge < -0.3 is 10.6 Å². The molecule has 0 saturated heterocycles. The largest absolute Gasteiger partial charge is 0.359 e. The highest BCUT2D eigenvalue weighted by atomic mass is 16.2. The number of aryl methyl sites for hydroxylation is 1. The average molecular weight is 235 g/mol. The van der Waals surface area contributed by atoms with Crippen LogP contribution in [0.1, 0.15) is 26.5 Å². The van der Waals surface area contributed by atoms with Gasteiger partial charge in [0.05, 0.1) is 0 Å². The summed E-state index contributed by atoms with van der Waals surface area (Å²) in [6, 6.07) is 5.43. The van der Waals surface area contributed by atoms with Crippen LogP contribution in [0.5, 0.6) is 0 Å². The highest BCUT2D eigenvalue weighted by Gasteiger charge is 2.12. The number of hydrogen-bond donors (Lipinski definition) is 2. The van der Waals surface area contributed by atoms with Gasteiger partial charge in [0, 0.05) is 12.2 Å². The molecule has 0 spiro atoms. The van der Waals surface area contributed by atoms with Crippen molar-refractivity contribution in [2.24, 2.45) is 5.92 Å². The molecule has 0 bridgehead atoms. The molecule has 94 valence electrons. The van der Waals surface area contributed by atoms with E-state index in [1.807, 2.05) is 32.0 Å². The van der Waals surface area contributed by atoms with E-state index in [1.165, 1.54) is 0 Å². The first-order valence-corrected chi connectivity index (χ1v) is 5.97. The molecule has 0 saturated carbocycles. The summed E-state index contributed by atoms with van der Waals surface area (Å²) in [6.45, 7) is 8.60. The number of carbonyl (C=O) groups excluding carboxylic acids is 1. The van der Waals surface area contributed by atoms with Crippen LogP contribution in [-0.2, 0) is 4.79 Å². The molecule has 0 aliphatic rings. The van der Waals surface area contributed by atoms with Crippen LogP contribution in [0.4, 0.5) is 5.82 Å². The summed E-state index contributed by atoms with van der Waals surface area (Å²) in [7, 11) is 0. The molecule has 0 aliphatic carbocycles. The molecular formula is C13H21N3O. The quantitative estimate of drug-likeness (QED) is 0.820. The Morgan fingerprint density at radius 1 is 1.35 bits per heavy atom. The zero-order valence-corrected chi connectivity index (χ0v) is 10.9. The molecule has 0 radical (unpaired) electrons. The molecule has 1 aromatic heterocycles. The summed E-state index contributed by atoms with van der Waals surface area (Å²) < 4.78 is 0. The van der Waals surface area contributed by atoms with Gasteiger partial charge in [-0.2, -0.15) is 0 Å². The normalized spacial score (nSPS) is 12.3. The number of nitrogens with zero attached hydrogens (tertiary/aromatic N) is 1. The lowest BCUT2D eigenvalue weighted by Crippen LogP contribution is -2.39.